The molecule has 164 valence electrons. The number of amides is 1. The van der Waals surface area contributed by atoms with Gasteiger partial charge in [-0.3, -0.25) is 4.79 Å². The Labute approximate surface area is 186 Å². The number of rotatable bonds is 12. The number of methoxy groups -OCH3 is 1. The lowest BCUT2D eigenvalue weighted by atomic mass is 10.1. The zero-order valence-electron chi connectivity index (χ0n) is 18.8. The number of hydrogen-bond donors (Lipinski definition) is 0. The van der Waals surface area contributed by atoms with Gasteiger partial charge in [0.1, 0.15) is 5.75 Å². The SMILES string of the molecule is CCCCCCC(=O)N(Cc1ccccc1)Cc1cccn1Cc1cccc(OC)c1. The van der Waals surface area contributed by atoms with E-state index in [4.69, 9.17) is 4.74 Å². The molecule has 3 aromatic rings. The molecule has 0 aliphatic rings. The topological polar surface area (TPSA) is 34.5 Å². The number of benzene rings is 2. The van der Waals surface area contributed by atoms with Crippen molar-refractivity contribution in [2.45, 2.75) is 58.7 Å². The first-order chi connectivity index (χ1) is 15.2. The molecular formula is C27H34N2O2. The van der Waals surface area contributed by atoms with Crippen LogP contribution in [0.2, 0.25) is 0 Å². The fourth-order valence-corrected chi connectivity index (χ4v) is 3.81. The summed E-state index contributed by atoms with van der Waals surface area (Å²) in [7, 11) is 1.69. The predicted octanol–water partition coefficient (Wildman–Crippen LogP) is 6.04. The van der Waals surface area contributed by atoms with E-state index in [0.717, 1.165) is 36.4 Å². The maximum absolute atomic E-state index is 13.1. The molecule has 0 spiro atoms. The number of nitrogens with zero attached hydrogens (tertiary/aromatic N) is 2. The van der Waals surface area contributed by atoms with Gasteiger partial charge < -0.3 is 14.2 Å². The summed E-state index contributed by atoms with van der Waals surface area (Å²) in [6.07, 6.45) is 7.15. The van der Waals surface area contributed by atoms with Crippen LogP contribution in [0.25, 0.3) is 0 Å². The molecule has 0 radical (unpaired) electrons. The van der Waals surface area contributed by atoms with E-state index in [9.17, 15) is 4.79 Å². The Hall–Kier alpha value is -3.01. The minimum Gasteiger partial charge on any atom is -0.497 e. The number of ether oxygens (including phenoxy) is 1. The van der Waals surface area contributed by atoms with E-state index < -0.39 is 0 Å². The van der Waals surface area contributed by atoms with Crippen LogP contribution in [-0.2, 0) is 24.4 Å². The zero-order chi connectivity index (χ0) is 21.9. The highest BCUT2D eigenvalue weighted by Gasteiger charge is 2.16. The van der Waals surface area contributed by atoms with Crippen LogP contribution in [0.15, 0.2) is 72.9 Å². The summed E-state index contributed by atoms with van der Waals surface area (Å²) in [4.78, 5) is 15.1. The molecule has 0 unspecified atom stereocenters. The van der Waals surface area contributed by atoms with Crippen molar-refractivity contribution in [3.8, 4) is 5.75 Å². The van der Waals surface area contributed by atoms with E-state index in [1.165, 1.54) is 18.4 Å². The highest BCUT2D eigenvalue weighted by molar-refractivity contribution is 5.76. The van der Waals surface area contributed by atoms with Crippen LogP contribution in [0.1, 0.15) is 55.8 Å². The first-order valence-corrected chi connectivity index (χ1v) is 11.3. The molecule has 0 bridgehead atoms. The summed E-state index contributed by atoms with van der Waals surface area (Å²) in [6, 6.07) is 22.6. The van der Waals surface area contributed by atoms with E-state index >= 15 is 0 Å². The second-order valence-electron chi connectivity index (χ2n) is 8.03. The molecule has 0 fully saturated rings. The van der Waals surface area contributed by atoms with Crippen LogP contribution in [-0.4, -0.2) is 22.5 Å². The van der Waals surface area contributed by atoms with Gasteiger partial charge in [-0.05, 0) is 41.8 Å². The minimum absolute atomic E-state index is 0.231. The third-order valence-electron chi connectivity index (χ3n) is 5.58. The highest BCUT2D eigenvalue weighted by Crippen LogP contribution is 2.18. The Morgan fingerprint density at radius 3 is 2.48 bits per heavy atom. The van der Waals surface area contributed by atoms with Crippen molar-refractivity contribution >= 4 is 5.91 Å². The fraction of sp³-hybridized carbons (Fsp3) is 0.370. The molecule has 4 nitrogen and oxygen atoms in total. The summed E-state index contributed by atoms with van der Waals surface area (Å²) < 4.78 is 7.58. The van der Waals surface area contributed by atoms with Crippen LogP contribution in [0, 0.1) is 0 Å². The molecule has 1 amide bonds. The second-order valence-corrected chi connectivity index (χ2v) is 8.03. The molecule has 2 aromatic carbocycles. The quantitative estimate of drug-likeness (QED) is 0.336. The lowest BCUT2D eigenvalue weighted by Gasteiger charge is -2.24. The Bertz CT molecular complexity index is 933. The maximum atomic E-state index is 13.1. The minimum atomic E-state index is 0.231. The average Bonchev–Trinajstić information content (AvgIpc) is 3.23. The lowest BCUT2D eigenvalue weighted by Crippen LogP contribution is -2.30. The van der Waals surface area contributed by atoms with Crippen LogP contribution < -0.4 is 4.74 Å². The van der Waals surface area contributed by atoms with Crippen molar-refractivity contribution in [3.05, 3.63) is 89.7 Å². The maximum Gasteiger partial charge on any atom is 0.223 e. The third-order valence-corrected chi connectivity index (χ3v) is 5.58. The van der Waals surface area contributed by atoms with Crippen LogP contribution in [0.5, 0.6) is 5.75 Å². The fourth-order valence-electron chi connectivity index (χ4n) is 3.81. The summed E-state index contributed by atoms with van der Waals surface area (Å²) in [5.74, 6) is 1.09. The Morgan fingerprint density at radius 1 is 0.903 bits per heavy atom. The van der Waals surface area contributed by atoms with Gasteiger partial charge in [0.25, 0.3) is 0 Å². The van der Waals surface area contributed by atoms with Gasteiger partial charge in [0.15, 0.2) is 0 Å². The van der Waals surface area contributed by atoms with Crippen LogP contribution >= 0.6 is 0 Å². The van der Waals surface area contributed by atoms with Gasteiger partial charge in [-0.25, -0.2) is 0 Å². The molecule has 0 aliphatic heterocycles. The van der Waals surface area contributed by atoms with E-state index in [2.05, 4.69) is 54.1 Å². The molecular weight excluding hydrogens is 384 g/mol. The summed E-state index contributed by atoms with van der Waals surface area (Å²) in [6.45, 7) is 4.19. The first-order valence-electron chi connectivity index (χ1n) is 11.3. The number of carbonyl (C=O) groups is 1. The van der Waals surface area contributed by atoms with Gasteiger partial charge in [0.05, 0.1) is 13.7 Å². The standard InChI is InChI=1S/C27H34N2O2/c1-3-4-5-9-17-27(30)29(20-23-12-7-6-8-13-23)22-25-15-11-18-28(25)21-24-14-10-16-26(19-24)31-2/h6-8,10-16,18-19H,3-5,9,17,20-22H2,1-2H3. The van der Waals surface area contributed by atoms with Gasteiger partial charge in [0.2, 0.25) is 5.91 Å². The molecule has 1 aromatic heterocycles. The second kappa shape index (κ2) is 12.0. The summed E-state index contributed by atoms with van der Waals surface area (Å²) >= 11 is 0. The predicted molar refractivity (Wildman–Crippen MR) is 126 cm³/mol. The molecule has 0 atom stereocenters. The van der Waals surface area contributed by atoms with Crippen LogP contribution in [0.4, 0.5) is 0 Å². The Balaban J connectivity index is 1.72. The summed E-state index contributed by atoms with van der Waals surface area (Å²) in [5, 5.41) is 0. The van der Waals surface area contributed by atoms with Gasteiger partial charge in [-0.1, -0.05) is 68.7 Å². The van der Waals surface area contributed by atoms with Gasteiger partial charge in [-0.2, -0.15) is 0 Å². The van der Waals surface area contributed by atoms with E-state index in [1.54, 1.807) is 7.11 Å². The smallest absolute Gasteiger partial charge is 0.223 e. The van der Waals surface area contributed by atoms with E-state index in [0.29, 0.717) is 19.5 Å². The van der Waals surface area contributed by atoms with Crippen LogP contribution in [0.3, 0.4) is 0 Å². The lowest BCUT2D eigenvalue weighted by molar-refractivity contribution is -0.132. The molecule has 0 aliphatic carbocycles. The number of hydrogen-bond acceptors (Lipinski definition) is 2. The zero-order valence-corrected chi connectivity index (χ0v) is 18.8. The van der Waals surface area contributed by atoms with Crippen molar-refractivity contribution in [3.63, 3.8) is 0 Å². The van der Waals surface area contributed by atoms with Crippen molar-refractivity contribution in [2.24, 2.45) is 0 Å². The normalized spacial score (nSPS) is 10.8. The molecule has 4 heteroatoms. The average molecular weight is 419 g/mol. The van der Waals surface area contributed by atoms with Gasteiger partial charge in [-0.15, -0.1) is 0 Å². The van der Waals surface area contributed by atoms with Gasteiger partial charge in [0, 0.05) is 31.4 Å². The number of unbranched alkanes of at least 4 members (excludes halogenated alkanes) is 3. The van der Waals surface area contributed by atoms with Gasteiger partial charge >= 0.3 is 0 Å². The van der Waals surface area contributed by atoms with Crippen molar-refractivity contribution < 1.29 is 9.53 Å². The summed E-state index contributed by atoms with van der Waals surface area (Å²) in [5.41, 5.74) is 3.48. The molecule has 0 saturated heterocycles. The molecule has 31 heavy (non-hydrogen) atoms. The number of aromatic nitrogens is 1. The third kappa shape index (κ3) is 7.02. The molecule has 1 heterocycles. The van der Waals surface area contributed by atoms with Crippen molar-refractivity contribution in [2.75, 3.05) is 7.11 Å². The monoisotopic (exact) mass is 418 g/mol. The highest BCUT2D eigenvalue weighted by atomic mass is 16.5. The Kier molecular flexibility index (Phi) is 8.77. The van der Waals surface area contributed by atoms with Crippen molar-refractivity contribution in [1.82, 2.24) is 9.47 Å². The molecule has 0 N–H and O–H groups in total. The number of carbonyl (C=O) groups excluding carboxylic acids is 1. The van der Waals surface area contributed by atoms with Crippen molar-refractivity contribution in [1.29, 1.82) is 0 Å². The molecule has 0 saturated carbocycles. The van der Waals surface area contributed by atoms with E-state index in [-0.39, 0.29) is 5.91 Å². The first kappa shape index (κ1) is 22.7. The molecule has 3 rings (SSSR count). The Morgan fingerprint density at radius 2 is 1.71 bits per heavy atom. The largest absolute Gasteiger partial charge is 0.497 e. The van der Waals surface area contributed by atoms with E-state index in [1.807, 2.05) is 35.2 Å².